The van der Waals surface area contributed by atoms with E-state index in [0.717, 1.165) is 0 Å². The van der Waals surface area contributed by atoms with Gasteiger partial charge in [-0.1, -0.05) is 11.1 Å². The molecule has 1 aliphatic rings. The van der Waals surface area contributed by atoms with E-state index in [4.69, 9.17) is 0 Å². The zero-order valence-electron chi connectivity index (χ0n) is 12.9. The van der Waals surface area contributed by atoms with Crippen molar-refractivity contribution >= 4 is 20.0 Å². The zero-order valence-corrected chi connectivity index (χ0v) is 14.5. The van der Waals surface area contributed by atoms with Gasteiger partial charge in [0, 0.05) is 12.8 Å². The van der Waals surface area contributed by atoms with E-state index in [2.05, 4.69) is 14.0 Å². The van der Waals surface area contributed by atoms with E-state index >= 15 is 0 Å². The maximum absolute atomic E-state index is 11.5. The molecule has 0 saturated carbocycles. The van der Waals surface area contributed by atoms with Crippen LogP contribution in [0.25, 0.3) is 0 Å². The van der Waals surface area contributed by atoms with Gasteiger partial charge in [-0.25, -0.2) is 16.8 Å². The van der Waals surface area contributed by atoms with Gasteiger partial charge in [-0.2, -0.15) is 26.3 Å². The highest BCUT2D eigenvalue weighted by atomic mass is 32.3. The number of quaternary nitrogens is 1. The van der Waals surface area contributed by atoms with Crippen LogP contribution in [0.5, 0.6) is 0 Å². The van der Waals surface area contributed by atoms with E-state index in [1.807, 2.05) is 0 Å². The van der Waals surface area contributed by atoms with Gasteiger partial charge in [0.15, 0.2) is 0 Å². The molecule has 0 aromatic carbocycles. The molecule has 0 atom stereocenters. The number of sulfonamides is 2. The first-order valence-electron chi connectivity index (χ1n) is 6.72. The Morgan fingerprint density at radius 2 is 1.21 bits per heavy atom. The Bertz CT molecular complexity index is 564. The highest BCUT2D eigenvalue weighted by molar-refractivity contribution is 8.05. The Labute approximate surface area is 136 Å². The molecule has 1 heterocycles. The summed E-state index contributed by atoms with van der Waals surface area (Å²) in [6, 6.07) is 0. The molecular weight excluding hydrogens is 390 g/mol. The molecule has 0 aromatic heterocycles. The summed E-state index contributed by atoms with van der Waals surface area (Å²) in [7, 11) is -10.8. The molecule has 24 heavy (non-hydrogen) atoms. The summed E-state index contributed by atoms with van der Waals surface area (Å²) in [6.45, 7) is 6.52. The zero-order chi connectivity index (χ0) is 19.4. The normalized spacial score (nSPS) is 18.8. The summed E-state index contributed by atoms with van der Waals surface area (Å²) in [6.07, 6.45) is 4.25. The van der Waals surface area contributed by atoms with Crippen LogP contribution in [0.15, 0.2) is 0 Å². The van der Waals surface area contributed by atoms with E-state index in [9.17, 15) is 43.2 Å². The summed E-state index contributed by atoms with van der Waals surface area (Å²) in [5, 5.41) is 0. The van der Waals surface area contributed by atoms with Gasteiger partial charge in [-0.3, -0.25) is 0 Å². The van der Waals surface area contributed by atoms with Gasteiger partial charge in [0.2, 0.25) is 0 Å². The average molecular weight is 409 g/mol. The first-order chi connectivity index (χ1) is 10.5. The molecule has 0 unspecified atom stereocenters. The lowest BCUT2D eigenvalue weighted by atomic mass is 10.4. The molecule has 0 spiro atoms. The van der Waals surface area contributed by atoms with E-state index in [1.165, 1.54) is 43.4 Å². The molecule has 0 aromatic rings. The fourth-order valence-electron chi connectivity index (χ4n) is 2.10. The fraction of sp³-hybridized carbons (Fsp3) is 1.00. The number of rotatable bonds is 4. The quantitative estimate of drug-likeness (QED) is 0.568. The van der Waals surface area contributed by atoms with Gasteiger partial charge >= 0.3 is 31.1 Å². The summed E-state index contributed by atoms with van der Waals surface area (Å²) >= 11 is 0. The number of nitrogens with zero attached hydrogens (tertiary/aromatic N) is 1. The smallest absolute Gasteiger partial charge is 0.326 e. The monoisotopic (exact) mass is 409 g/mol. The molecule has 0 bridgehead atoms. The minimum Gasteiger partial charge on any atom is -0.326 e. The average Bonchev–Trinajstić information content (AvgIpc) is 2.72. The number of likely N-dealkylation sites (tertiary alicyclic amines) is 1. The third-order valence-corrected chi connectivity index (χ3v) is 6.21. The summed E-state index contributed by atoms with van der Waals surface area (Å²) in [4.78, 5) is 0. The SMILES string of the molecule is CCC[N+]1(C)CCCC1.O=S(=O)(NS(=O)(=O)C(F)(F)F)C(F)(F)F. The van der Waals surface area contributed by atoms with Gasteiger partial charge in [-0.05, 0) is 6.42 Å². The molecule has 0 radical (unpaired) electrons. The Morgan fingerprint density at radius 1 is 0.875 bits per heavy atom. The minimum atomic E-state index is -6.60. The maximum Gasteiger partial charge on any atom is 0.512 e. The molecule has 1 N–H and O–H groups in total. The second-order valence-corrected chi connectivity index (χ2v) is 9.09. The largest absolute Gasteiger partial charge is 0.512 e. The second kappa shape index (κ2) is 7.74. The molecule has 0 amide bonds. The van der Waals surface area contributed by atoms with Crippen LogP contribution >= 0.6 is 0 Å². The third kappa shape index (κ3) is 6.72. The summed E-state index contributed by atoms with van der Waals surface area (Å²) in [5.41, 5.74) is -12.3. The molecular formula is C10H19F6N2O4S2+. The molecule has 1 fully saturated rings. The first kappa shape index (κ1) is 23.4. The Balaban J connectivity index is 0.000000496. The van der Waals surface area contributed by atoms with Crippen molar-refractivity contribution in [2.75, 3.05) is 26.7 Å². The summed E-state index contributed by atoms with van der Waals surface area (Å²) in [5.74, 6) is 0. The van der Waals surface area contributed by atoms with Crippen LogP contribution < -0.4 is 4.13 Å². The van der Waals surface area contributed by atoms with Crippen molar-refractivity contribution in [2.45, 2.75) is 37.2 Å². The van der Waals surface area contributed by atoms with Crippen LogP contribution in [-0.2, 0) is 20.0 Å². The van der Waals surface area contributed by atoms with E-state index < -0.39 is 35.2 Å². The Hall–Kier alpha value is -0.600. The maximum atomic E-state index is 11.5. The number of hydrogen-bond donors (Lipinski definition) is 1. The van der Waals surface area contributed by atoms with E-state index in [-0.39, 0.29) is 0 Å². The van der Waals surface area contributed by atoms with Gasteiger partial charge in [0.25, 0.3) is 0 Å². The summed E-state index contributed by atoms with van der Waals surface area (Å²) < 4.78 is 110. The second-order valence-electron chi connectivity index (χ2n) is 5.48. The predicted octanol–water partition coefficient (Wildman–Crippen LogP) is 1.91. The van der Waals surface area contributed by atoms with Gasteiger partial charge in [0.05, 0.1) is 26.7 Å². The van der Waals surface area contributed by atoms with Gasteiger partial charge in [-0.15, -0.1) is 0 Å². The van der Waals surface area contributed by atoms with Crippen LogP contribution in [0, 0.1) is 0 Å². The van der Waals surface area contributed by atoms with Crippen LogP contribution in [0.4, 0.5) is 26.3 Å². The fourth-order valence-corrected chi connectivity index (χ4v) is 4.01. The van der Waals surface area contributed by atoms with Gasteiger partial charge < -0.3 is 4.48 Å². The molecule has 1 aliphatic heterocycles. The number of nitrogens with one attached hydrogen (secondary N) is 1. The number of alkyl halides is 6. The minimum absolute atomic E-state index is 0.493. The topological polar surface area (TPSA) is 80.3 Å². The van der Waals surface area contributed by atoms with Gasteiger partial charge in [0.1, 0.15) is 0 Å². The molecule has 146 valence electrons. The van der Waals surface area contributed by atoms with Crippen molar-refractivity contribution in [1.82, 2.24) is 4.13 Å². The van der Waals surface area contributed by atoms with Crippen molar-refractivity contribution in [3.05, 3.63) is 0 Å². The van der Waals surface area contributed by atoms with Crippen molar-refractivity contribution in [2.24, 2.45) is 0 Å². The highest BCUT2D eigenvalue weighted by Gasteiger charge is 2.55. The lowest BCUT2D eigenvalue weighted by molar-refractivity contribution is -0.897. The van der Waals surface area contributed by atoms with Crippen molar-refractivity contribution in [3.8, 4) is 0 Å². The molecule has 1 rings (SSSR count). The van der Waals surface area contributed by atoms with Crippen LogP contribution in [-0.4, -0.2) is 59.0 Å². The molecule has 14 heteroatoms. The standard InChI is InChI=1S/C8H18N.C2HF6NO4S2/c1-3-6-9(2)7-4-5-8-9;3-1(4,5)14(10,11)9-15(12,13)2(6,7)8/h3-8H2,1-2H3;9H/q+1;. The van der Waals surface area contributed by atoms with Crippen LogP contribution in [0.2, 0.25) is 0 Å². The van der Waals surface area contributed by atoms with Crippen LogP contribution in [0.3, 0.4) is 0 Å². The lowest BCUT2D eigenvalue weighted by Crippen LogP contribution is -2.45. The van der Waals surface area contributed by atoms with Crippen molar-refractivity contribution in [3.63, 3.8) is 0 Å². The highest BCUT2D eigenvalue weighted by Crippen LogP contribution is 2.27. The Kier molecular flexibility index (Phi) is 7.55. The predicted molar refractivity (Wildman–Crippen MR) is 73.4 cm³/mol. The number of hydrogen-bond acceptors (Lipinski definition) is 4. The van der Waals surface area contributed by atoms with Crippen molar-refractivity contribution < 1.29 is 47.7 Å². The van der Waals surface area contributed by atoms with Crippen LogP contribution in [0.1, 0.15) is 26.2 Å². The number of halogens is 6. The van der Waals surface area contributed by atoms with Crippen molar-refractivity contribution in [1.29, 1.82) is 0 Å². The Morgan fingerprint density at radius 3 is 1.46 bits per heavy atom. The lowest BCUT2D eigenvalue weighted by Gasteiger charge is -2.28. The molecule has 6 nitrogen and oxygen atoms in total. The first-order valence-corrected chi connectivity index (χ1v) is 9.69. The van der Waals surface area contributed by atoms with E-state index in [1.54, 1.807) is 0 Å². The molecule has 0 aliphatic carbocycles. The van der Waals surface area contributed by atoms with E-state index in [0.29, 0.717) is 0 Å². The molecule has 1 saturated heterocycles. The third-order valence-electron chi connectivity index (χ3n) is 3.24.